The number of hydrogen-bond donors (Lipinski definition) is 1. The molecule has 0 fully saturated rings. The average Bonchev–Trinajstić information content (AvgIpc) is 3.09. The quantitative estimate of drug-likeness (QED) is 0.828. The normalized spacial score (nSPS) is 16.4. The molecule has 0 unspecified atom stereocenters. The molecule has 0 bridgehead atoms. The molecule has 0 saturated carbocycles. The number of ether oxygens (including phenoxy) is 1. The van der Waals surface area contributed by atoms with Crippen molar-refractivity contribution >= 4 is 0 Å². The van der Waals surface area contributed by atoms with E-state index >= 15 is 0 Å². The molecule has 1 aliphatic rings. The van der Waals surface area contributed by atoms with Crippen molar-refractivity contribution in [2.45, 2.75) is 18.6 Å². The van der Waals surface area contributed by atoms with Gasteiger partial charge in [0.25, 0.3) is 0 Å². The molecule has 2 N–H and O–H groups in total. The highest BCUT2D eigenvalue weighted by molar-refractivity contribution is 5.46. The van der Waals surface area contributed by atoms with Crippen molar-refractivity contribution in [3.05, 3.63) is 41.0 Å². The molecule has 0 saturated heterocycles. The van der Waals surface area contributed by atoms with Gasteiger partial charge >= 0.3 is 6.18 Å². The fourth-order valence-electron chi connectivity index (χ4n) is 1.66. The van der Waals surface area contributed by atoms with E-state index < -0.39 is 11.7 Å². The number of nitrogens with two attached hydrogens (primary N) is 1. The number of benzene rings is 1. The minimum absolute atomic E-state index is 0.181. The molecule has 0 heterocycles. The van der Waals surface area contributed by atoms with Crippen molar-refractivity contribution in [2.75, 3.05) is 7.11 Å². The van der Waals surface area contributed by atoms with Crippen LogP contribution in [-0.4, -0.2) is 7.11 Å². The van der Waals surface area contributed by atoms with Crippen molar-refractivity contribution in [1.82, 2.24) is 0 Å². The molecule has 1 aromatic rings. The Hall–Kier alpha value is -1.49. The van der Waals surface area contributed by atoms with Crippen LogP contribution < -0.4 is 10.5 Å². The highest BCUT2D eigenvalue weighted by atomic mass is 19.4. The molecule has 0 amide bonds. The van der Waals surface area contributed by atoms with Gasteiger partial charge in [0.15, 0.2) is 0 Å². The number of methoxy groups -OCH3 is 1. The van der Waals surface area contributed by atoms with Gasteiger partial charge in [-0.2, -0.15) is 13.2 Å². The van der Waals surface area contributed by atoms with Crippen molar-refractivity contribution in [3.63, 3.8) is 0 Å². The van der Waals surface area contributed by atoms with E-state index in [2.05, 4.69) is 0 Å². The van der Waals surface area contributed by atoms with Crippen molar-refractivity contribution in [2.24, 2.45) is 5.73 Å². The van der Waals surface area contributed by atoms with Crippen LogP contribution in [0.4, 0.5) is 13.2 Å². The second-order valence-corrected chi connectivity index (χ2v) is 3.92. The summed E-state index contributed by atoms with van der Waals surface area (Å²) in [6, 6.07) is 3.02. The van der Waals surface area contributed by atoms with Crippen LogP contribution in [0, 0.1) is 0 Å². The Morgan fingerprint density at radius 2 is 2.00 bits per heavy atom. The topological polar surface area (TPSA) is 35.2 Å². The van der Waals surface area contributed by atoms with E-state index in [0.717, 1.165) is 24.1 Å². The summed E-state index contributed by atoms with van der Waals surface area (Å²) in [6.07, 6.45) is -1.60. The summed E-state index contributed by atoms with van der Waals surface area (Å²) in [7, 11) is 1.34. The maximum Gasteiger partial charge on any atom is 0.416 e. The van der Waals surface area contributed by atoms with Gasteiger partial charge in [0.2, 0.25) is 0 Å². The molecule has 1 atom stereocenters. The summed E-state index contributed by atoms with van der Waals surface area (Å²) < 4.78 is 42.5. The molecule has 92 valence electrons. The van der Waals surface area contributed by atoms with Gasteiger partial charge in [-0.05, 0) is 24.1 Å². The molecule has 1 aromatic carbocycles. The Labute approximate surface area is 96.9 Å². The predicted octanol–water partition coefficient (Wildman–Crippen LogP) is 3.04. The van der Waals surface area contributed by atoms with Crippen molar-refractivity contribution < 1.29 is 17.9 Å². The summed E-state index contributed by atoms with van der Waals surface area (Å²) >= 11 is 0. The van der Waals surface area contributed by atoms with Gasteiger partial charge in [-0.15, -0.1) is 0 Å². The summed E-state index contributed by atoms with van der Waals surface area (Å²) in [6.45, 7) is 0. The van der Waals surface area contributed by atoms with Gasteiger partial charge in [-0.3, -0.25) is 0 Å². The van der Waals surface area contributed by atoms with E-state index in [1.165, 1.54) is 13.2 Å². The first-order valence-electron chi connectivity index (χ1n) is 5.13. The number of halogens is 3. The zero-order valence-electron chi connectivity index (χ0n) is 9.21. The first-order valence-corrected chi connectivity index (χ1v) is 5.13. The molecule has 5 heteroatoms. The Kier molecular flexibility index (Phi) is 2.87. The fourth-order valence-corrected chi connectivity index (χ4v) is 1.66. The Bertz CT molecular complexity index is 465. The lowest BCUT2D eigenvalue weighted by Gasteiger charge is -2.16. The predicted molar refractivity (Wildman–Crippen MR) is 57.6 cm³/mol. The van der Waals surface area contributed by atoms with Gasteiger partial charge in [0, 0.05) is 5.56 Å². The Morgan fingerprint density at radius 3 is 2.47 bits per heavy atom. The standard InChI is InChI=1S/C12H12F3NO/c1-17-10-6-8(12(13,14)15)4-5-9(10)11(16)7-2-3-7/h2,4-6,11H,3,16H2,1H3/t11-/m1/s1. The van der Waals surface area contributed by atoms with Crippen LogP contribution in [0.15, 0.2) is 29.8 Å². The van der Waals surface area contributed by atoms with Gasteiger partial charge in [0.1, 0.15) is 5.75 Å². The van der Waals surface area contributed by atoms with Crippen molar-refractivity contribution in [1.29, 1.82) is 0 Å². The van der Waals surface area contributed by atoms with Crippen molar-refractivity contribution in [3.8, 4) is 5.75 Å². The van der Waals surface area contributed by atoms with Crippen LogP contribution in [0.1, 0.15) is 23.6 Å². The highest BCUT2D eigenvalue weighted by Crippen LogP contribution is 2.39. The largest absolute Gasteiger partial charge is 0.496 e. The minimum atomic E-state index is -4.37. The smallest absolute Gasteiger partial charge is 0.416 e. The molecule has 0 aliphatic heterocycles. The number of allylic oxidation sites excluding steroid dienone is 1. The maximum absolute atomic E-state index is 12.5. The third-order valence-corrected chi connectivity index (χ3v) is 2.74. The van der Waals surface area contributed by atoms with Gasteiger partial charge in [-0.1, -0.05) is 12.1 Å². The molecule has 0 aromatic heterocycles. The Morgan fingerprint density at radius 1 is 1.35 bits per heavy atom. The molecular weight excluding hydrogens is 231 g/mol. The summed E-state index contributed by atoms with van der Waals surface area (Å²) in [5.74, 6) is 0.181. The molecule has 17 heavy (non-hydrogen) atoms. The van der Waals surface area contributed by atoms with Crippen LogP contribution in [0.3, 0.4) is 0 Å². The van der Waals surface area contributed by atoms with Crippen LogP contribution in [-0.2, 0) is 6.18 Å². The molecule has 2 rings (SSSR count). The Balaban J connectivity index is 2.38. The zero-order valence-corrected chi connectivity index (χ0v) is 9.21. The van der Waals surface area contributed by atoms with Crippen LogP contribution in [0.5, 0.6) is 5.75 Å². The van der Waals surface area contributed by atoms with Gasteiger partial charge < -0.3 is 10.5 Å². The summed E-state index contributed by atoms with van der Waals surface area (Å²) in [5, 5.41) is 0. The monoisotopic (exact) mass is 243 g/mol. The first-order chi connectivity index (χ1) is 7.93. The molecule has 1 aliphatic carbocycles. The highest BCUT2D eigenvalue weighted by Gasteiger charge is 2.32. The SMILES string of the molecule is COc1cc(C(F)(F)F)ccc1[C@H](N)C1=CC1. The summed E-state index contributed by atoms with van der Waals surface area (Å²) in [4.78, 5) is 0. The zero-order chi connectivity index (χ0) is 12.6. The van der Waals surface area contributed by atoms with E-state index in [9.17, 15) is 13.2 Å². The molecule has 0 radical (unpaired) electrons. The lowest BCUT2D eigenvalue weighted by molar-refractivity contribution is -0.137. The lowest BCUT2D eigenvalue weighted by atomic mass is 10.0. The second kappa shape index (κ2) is 4.07. The first kappa shape index (κ1) is 12.0. The van der Waals surface area contributed by atoms with E-state index in [4.69, 9.17) is 10.5 Å². The fraction of sp³-hybridized carbons (Fsp3) is 0.333. The van der Waals surface area contributed by atoms with E-state index in [0.29, 0.717) is 5.56 Å². The lowest BCUT2D eigenvalue weighted by Crippen LogP contribution is -2.12. The van der Waals surface area contributed by atoms with Crippen LogP contribution >= 0.6 is 0 Å². The number of alkyl halides is 3. The molecule has 0 spiro atoms. The molecular formula is C12H12F3NO. The maximum atomic E-state index is 12.5. The summed E-state index contributed by atoms with van der Waals surface area (Å²) in [5.41, 5.74) is 6.80. The minimum Gasteiger partial charge on any atom is -0.496 e. The van der Waals surface area contributed by atoms with E-state index in [1.54, 1.807) is 0 Å². The number of rotatable bonds is 3. The van der Waals surface area contributed by atoms with Gasteiger partial charge in [-0.25, -0.2) is 0 Å². The van der Waals surface area contributed by atoms with Crippen LogP contribution in [0.2, 0.25) is 0 Å². The molecule has 2 nitrogen and oxygen atoms in total. The average molecular weight is 243 g/mol. The second-order valence-electron chi connectivity index (χ2n) is 3.92. The van der Waals surface area contributed by atoms with Crippen LogP contribution in [0.25, 0.3) is 0 Å². The van der Waals surface area contributed by atoms with Gasteiger partial charge in [0.05, 0.1) is 18.7 Å². The van der Waals surface area contributed by atoms with E-state index in [1.807, 2.05) is 6.08 Å². The van der Waals surface area contributed by atoms with E-state index in [-0.39, 0.29) is 11.8 Å². The number of hydrogen-bond acceptors (Lipinski definition) is 2. The third-order valence-electron chi connectivity index (χ3n) is 2.74. The third kappa shape index (κ3) is 2.44.